The number of nitrogens with zero attached hydrogens (tertiary/aromatic N) is 1. The summed E-state index contributed by atoms with van der Waals surface area (Å²) >= 11 is 6.06. The summed E-state index contributed by atoms with van der Waals surface area (Å²) in [5.74, 6) is 0.600. The van der Waals surface area contributed by atoms with E-state index in [1.165, 1.54) is 0 Å². The van der Waals surface area contributed by atoms with Crippen LogP contribution in [0, 0.1) is 6.92 Å². The van der Waals surface area contributed by atoms with Crippen molar-refractivity contribution in [2.45, 2.75) is 38.7 Å². The molecule has 146 valence electrons. The Balaban J connectivity index is 0.00000338. The first-order valence-electron chi connectivity index (χ1n) is 8.57. The lowest BCUT2D eigenvalue weighted by Gasteiger charge is -2.24. The van der Waals surface area contributed by atoms with Gasteiger partial charge >= 0.3 is 0 Å². The molecule has 1 atom stereocenters. The molecule has 8 heteroatoms. The van der Waals surface area contributed by atoms with Crippen LogP contribution in [0.5, 0.6) is 0 Å². The van der Waals surface area contributed by atoms with Crippen LogP contribution in [0.1, 0.15) is 31.7 Å². The van der Waals surface area contributed by atoms with Crippen molar-refractivity contribution in [1.29, 1.82) is 0 Å². The lowest BCUT2D eigenvalue weighted by molar-refractivity contribution is -0.116. The van der Waals surface area contributed by atoms with E-state index in [-0.39, 0.29) is 35.5 Å². The summed E-state index contributed by atoms with van der Waals surface area (Å²) in [6, 6.07) is 5.47. The van der Waals surface area contributed by atoms with E-state index in [2.05, 4.69) is 27.9 Å². The molecule has 1 saturated heterocycles. The van der Waals surface area contributed by atoms with Gasteiger partial charge in [0.15, 0.2) is 5.96 Å². The predicted octanol–water partition coefficient (Wildman–Crippen LogP) is 3.33. The summed E-state index contributed by atoms with van der Waals surface area (Å²) in [5.41, 5.74) is 1.47. The molecule has 1 heterocycles. The van der Waals surface area contributed by atoms with Gasteiger partial charge in [-0.2, -0.15) is 0 Å². The molecule has 1 unspecified atom stereocenters. The summed E-state index contributed by atoms with van der Waals surface area (Å²) < 4.78 is 5.75. The number of nitrogens with one attached hydrogen (secondary N) is 3. The minimum Gasteiger partial charge on any atom is -0.373 e. The zero-order valence-corrected chi connectivity index (χ0v) is 18.6. The molecule has 0 spiro atoms. The smallest absolute Gasteiger partial charge is 0.226 e. The number of ether oxygens (including phenoxy) is 1. The number of aliphatic imine (C=N–C) groups is 1. The number of anilines is 1. The SMILES string of the molecule is CN=C(NCCC(=O)Nc1cccc(Cl)c1C)NCC1(C)CCCO1.I. The van der Waals surface area contributed by atoms with Gasteiger partial charge < -0.3 is 20.7 Å². The number of hydrogen-bond acceptors (Lipinski definition) is 3. The Labute approximate surface area is 177 Å². The van der Waals surface area contributed by atoms with E-state index < -0.39 is 0 Å². The first-order chi connectivity index (χ1) is 11.9. The molecule has 1 fully saturated rings. The lowest BCUT2D eigenvalue weighted by Crippen LogP contribution is -2.46. The van der Waals surface area contributed by atoms with Gasteiger partial charge in [-0.05, 0) is 44.4 Å². The highest BCUT2D eigenvalue weighted by atomic mass is 127. The standard InChI is InChI=1S/C18H27ClN4O2.HI/c1-13-14(19)6-4-7-15(13)23-16(24)8-10-21-17(20-3)22-12-18(2)9-5-11-25-18;/h4,6-7H,5,8-12H2,1-3H3,(H,23,24)(H2,20,21,22);1H. The molecule has 1 aliphatic rings. The van der Waals surface area contributed by atoms with Crippen LogP contribution < -0.4 is 16.0 Å². The van der Waals surface area contributed by atoms with Gasteiger partial charge in [0.25, 0.3) is 0 Å². The molecule has 1 aromatic carbocycles. The van der Waals surface area contributed by atoms with Crippen LogP contribution >= 0.6 is 35.6 Å². The molecule has 6 nitrogen and oxygen atoms in total. The van der Waals surface area contributed by atoms with E-state index >= 15 is 0 Å². The zero-order chi connectivity index (χ0) is 18.3. The summed E-state index contributed by atoms with van der Waals surface area (Å²) in [6.45, 7) is 5.98. The zero-order valence-electron chi connectivity index (χ0n) is 15.5. The summed E-state index contributed by atoms with van der Waals surface area (Å²) in [6.07, 6.45) is 2.46. The number of benzene rings is 1. The van der Waals surface area contributed by atoms with Crippen LogP contribution in [-0.4, -0.2) is 44.2 Å². The maximum absolute atomic E-state index is 12.1. The minimum atomic E-state index is -0.140. The molecule has 26 heavy (non-hydrogen) atoms. The van der Waals surface area contributed by atoms with E-state index in [1.807, 2.05) is 19.1 Å². The number of guanidine groups is 1. The van der Waals surface area contributed by atoms with Gasteiger partial charge in [0.2, 0.25) is 5.91 Å². The van der Waals surface area contributed by atoms with Gasteiger partial charge in [0, 0.05) is 43.9 Å². The fourth-order valence-corrected chi connectivity index (χ4v) is 2.89. The topological polar surface area (TPSA) is 74.8 Å². The number of carbonyl (C=O) groups excluding carboxylic acids is 1. The molecule has 2 rings (SSSR count). The van der Waals surface area contributed by atoms with Crippen molar-refractivity contribution in [3.05, 3.63) is 28.8 Å². The second kappa shape index (κ2) is 10.9. The average molecular weight is 495 g/mol. The van der Waals surface area contributed by atoms with Crippen LogP contribution in [-0.2, 0) is 9.53 Å². The quantitative estimate of drug-likeness (QED) is 0.322. The van der Waals surface area contributed by atoms with Crippen LogP contribution in [0.25, 0.3) is 0 Å². The van der Waals surface area contributed by atoms with Crippen molar-refractivity contribution >= 4 is 53.1 Å². The summed E-state index contributed by atoms with van der Waals surface area (Å²) in [7, 11) is 1.71. The largest absolute Gasteiger partial charge is 0.373 e. The minimum absolute atomic E-state index is 0. The van der Waals surface area contributed by atoms with Gasteiger partial charge in [0.05, 0.1) is 5.60 Å². The normalized spacial score (nSPS) is 19.6. The van der Waals surface area contributed by atoms with Crippen molar-refractivity contribution in [3.8, 4) is 0 Å². The van der Waals surface area contributed by atoms with Crippen LogP contribution in [0.15, 0.2) is 23.2 Å². The highest BCUT2D eigenvalue weighted by Crippen LogP contribution is 2.24. The first kappa shape index (κ1) is 23.0. The lowest BCUT2D eigenvalue weighted by atomic mass is 10.0. The Kier molecular flexibility index (Phi) is 9.67. The number of amides is 1. The average Bonchev–Trinajstić information content (AvgIpc) is 3.02. The number of rotatable bonds is 6. The van der Waals surface area contributed by atoms with E-state index in [0.29, 0.717) is 30.5 Å². The Morgan fingerprint density at radius 1 is 1.38 bits per heavy atom. The molecule has 0 aliphatic carbocycles. The molecule has 0 saturated carbocycles. The van der Waals surface area contributed by atoms with Gasteiger partial charge in [-0.25, -0.2) is 0 Å². The van der Waals surface area contributed by atoms with Gasteiger partial charge in [0.1, 0.15) is 0 Å². The van der Waals surface area contributed by atoms with Crippen LogP contribution in [0.4, 0.5) is 5.69 Å². The highest BCUT2D eigenvalue weighted by Gasteiger charge is 2.29. The van der Waals surface area contributed by atoms with Gasteiger partial charge in [-0.3, -0.25) is 9.79 Å². The fourth-order valence-electron chi connectivity index (χ4n) is 2.72. The molecule has 0 radical (unpaired) electrons. The maximum Gasteiger partial charge on any atom is 0.226 e. The Bertz CT molecular complexity index is 634. The molecule has 0 bridgehead atoms. The molecule has 0 aromatic heterocycles. The van der Waals surface area contributed by atoms with Crippen molar-refractivity contribution < 1.29 is 9.53 Å². The Morgan fingerprint density at radius 3 is 2.81 bits per heavy atom. The van der Waals surface area contributed by atoms with Gasteiger partial charge in [-0.1, -0.05) is 17.7 Å². The number of carbonyl (C=O) groups is 1. The second-order valence-electron chi connectivity index (χ2n) is 6.47. The van der Waals surface area contributed by atoms with E-state index in [1.54, 1.807) is 13.1 Å². The highest BCUT2D eigenvalue weighted by molar-refractivity contribution is 14.0. The number of hydrogen-bond donors (Lipinski definition) is 3. The molecule has 1 aliphatic heterocycles. The third-order valence-electron chi connectivity index (χ3n) is 4.34. The number of halogens is 2. The van der Waals surface area contributed by atoms with Crippen molar-refractivity contribution in [1.82, 2.24) is 10.6 Å². The Morgan fingerprint density at radius 2 is 2.15 bits per heavy atom. The van der Waals surface area contributed by atoms with Crippen molar-refractivity contribution in [2.75, 3.05) is 32.1 Å². The summed E-state index contributed by atoms with van der Waals surface area (Å²) in [5, 5.41) is 9.93. The first-order valence-corrected chi connectivity index (χ1v) is 8.95. The maximum atomic E-state index is 12.1. The third kappa shape index (κ3) is 6.92. The fraction of sp³-hybridized carbons (Fsp3) is 0.556. The predicted molar refractivity (Wildman–Crippen MR) is 118 cm³/mol. The van der Waals surface area contributed by atoms with Gasteiger partial charge in [-0.15, -0.1) is 24.0 Å². The summed E-state index contributed by atoms with van der Waals surface area (Å²) in [4.78, 5) is 16.3. The van der Waals surface area contributed by atoms with Crippen LogP contribution in [0.2, 0.25) is 5.02 Å². The van der Waals surface area contributed by atoms with E-state index in [9.17, 15) is 4.79 Å². The van der Waals surface area contributed by atoms with E-state index in [0.717, 1.165) is 30.7 Å². The van der Waals surface area contributed by atoms with Crippen molar-refractivity contribution in [3.63, 3.8) is 0 Å². The third-order valence-corrected chi connectivity index (χ3v) is 4.75. The molecular weight excluding hydrogens is 467 g/mol. The monoisotopic (exact) mass is 494 g/mol. The molecule has 1 aromatic rings. The van der Waals surface area contributed by atoms with Crippen molar-refractivity contribution in [2.24, 2.45) is 4.99 Å². The molecule has 3 N–H and O–H groups in total. The molecule has 1 amide bonds. The Hall–Kier alpha value is -1.06. The molecular formula is C18H28ClIN4O2. The van der Waals surface area contributed by atoms with Crippen LogP contribution in [0.3, 0.4) is 0 Å². The van der Waals surface area contributed by atoms with E-state index in [4.69, 9.17) is 16.3 Å². The second-order valence-corrected chi connectivity index (χ2v) is 6.87.